The smallest absolute Gasteiger partial charge is 0.295 e. The molecule has 1 aliphatic heterocycles. The van der Waals surface area contributed by atoms with E-state index in [2.05, 4.69) is 0 Å². The molecule has 0 N–H and O–H groups in total. The van der Waals surface area contributed by atoms with Crippen LogP contribution in [0.2, 0.25) is 0 Å². The van der Waals surface area contributed by atoms with Crippen LogP contribution >= 0.6 is 0 Å². The number of carbonyl (C=O) groups is 1. The van der Waals surface area contributed by atoms with Crippen molar-refractivity contribution >= 4 is 15.8 Å². The van der Waals surface area contributed by atoms with Gasteiger partial charge in [-0.05, 0) is 42.2 Å². The Bertz CT molecular complexity index is 1150. The number of carbonyl (C=O) groups excluding carboxylic acids is 1. The molecule has 8 heteroatoms. The fourth-order valence-electron chi connectivity index (χ4n) is 4.89. The molecule has 4 nitrogen and oxygen atoms in total. The van der Waals surface area contributed by atoms with Crippen molar-refractivity contribution in [1.82, 2.24) is 4.31 Å². The van der Waals surface area contributed by atoms with Gasteiger partial charge in [-0.3, -0.25) is 4.79 Å². The van der Waals surface area contributed by atoms with Crippen LogP contribution in [-0.2, 0) is 14.8 Å². The largest absolute Gasteiger partial charge is 0.400 e. The molecule has 2 atom stereocenters. The second-order valence-electron chi connectivity index (χ2n) is 8.06. The molecule has 2 aliphatic rings. The molecule has 0 spiro atoms. The maximum atomic E-state index is 14.7. The first-order valence-electron chi connectivity index (χ1n) is 10.00. The molecule has 1 heterocycles. The predicted octanol–water partition coefficient (Wildman–Crippen LogP) is 4.97. The van der Waals surface area contributed by atoms with Gasteiger partial charge in [0.05, 0.1) is 10.9 Å². The molecule has 164 valence electrons. The molecule has 0 saturated carbocycles. The number of rotatable bonds is 4. The number of halogens is 3. The standard InChI is InChI=1S/C23H22F3NO3S/c1-3-18-19-14-27(31(29,30)17-11-9-15(2)10-12-17)21(16-7-5-4-6-8-16)22(19,13-20(18)28)23(24,25)26/h4-12,21H,3,13-14H2,1-2H3/t21?,22-/m0/s1. The van der Waals surface area contributed by atoms with E-state index < -0.39 is 46.4 Å². The zero-order valence-corrected chi connectivity index (χ0v) is 17.9. The number of ketones is 1. The molecule has 4 rings (SSSR count). The zero-order valence-electron chi connectivity index (χ0n) is 17.1. The molecule has 31 heavy (non-hydrogen) atoms. The number of sulfonamides is 1. The molecule has 0 amide bonds. The van der Waals surface area contributed by atoms with Gasteiger partial charge in [0.2, 0.25) is 10.0 Å². The topological polar surface area (TPSA) is 54.5 Å². The first-order valence-corrected chi connectivity index (χ1v) is 11.4. The third-order valence-corrected chi connectivity index (χ3v) is 8.18. The van der Waals surface area contributed by atoms with E-state index in [0.717, 1.165) is 9.87 Å². The summed E-state index contributed by atoms with van der Waals surface area (Å²) in [5, 5.41) is 0. The van der Waals surface area contributed by atoms with Crippen LogP contribution in [-0.4, -0.2) is 31.2 Å². The second kappa shape index (κ2) is 7.31. The number of nitrogens with zero attached hydrogens (tertiary/aromatic N) is 1. The van der Waals surface area contributed by atoms with Gasteiger partial charge in [-0.15, -0.1) is 0 Å². The molecule has 2 aromatic rings. The average Bonchev–Trinajstić information content (AvgIpc) is 3.20. The lowest BCUT2D eigenvalue weighted by atomic mass is 9.74. The highest BCUT2D eigenvalue weighted by molar-refractivity contribution is 7.89. The minimum atomic E-state index is -4.80. The van der Waals surface area contributed by atoms with Crippen LogP contribution in [0.3, 0.4) is 0 Å². The minimum absolute atomic E-state index is 0.0682. The summed E-state index contributed by atoms with van der Waals surface area (Å²) in [6, 6.07) is 12.3. The fraction of sp³-hybridized carbons (Fsp3) is 0.348. The number of Topliss-reactive ketones (excluding diaryl/α,β-unsaturated/α-hetero) is 1. The number of hydrogen-bond donors (Lipinski definition) is 0. The summed E-state index contributed by atoms with van der Waals surface area (Å²) in [4.78, 5) is 12.5. The van der Waals surface area contributed by atoms with Crippen LogP contribution in [0.25, 0.3) is 0 Å². The molecule has 0 radical (unpaired) electrons. The van der Waals surface area contributed by atoms with Gasteiger partial charge in [0, 0.05) is 13.0 Å². The number of allylic oxidation sites excluding steroid dienone is 1. The monoisotopic (exact) mass is 449 g/mol. The van der Waals surface area contributed by atoms with E-state index in [-0.39, 0.29) is 28.0 Å². The number of fused-ring (bicyclic) bond motifs is 1. The van der Waals surface area contributed by atoms with Gasteiger partial charge in [-0.2, -0.15) is 17.5 Å². The molecule has 0 bridgehead atoms. The van der Waals surface area contributed by atoms with E-state index in [1.54, 1.807) is 44.2 Å². The minimum Gasteiger partial charge on any atom is -0.295 e. The van der Waals surface area contributed by atoms with Crippen molar-refractivity contribution in [3.8, 4) is 0 Å². The average molecular weight is 449 g/mol. The molecular weight excluding hydrogens is 427 g/mol. The number of hydrogen-bond acceptors (Lipinski definition) is 3. The molecule has 2 aromatic carbocycles. The summed E-state index contributed by atoms with van der Waals surface area (Å²) in [5.41, 5.74) is -1.52. The van der Waals surface area contributed by atoms with Crippen LogP contribution in [0.15, 0.2) is 70.6 Å². The van der Waals surface area contributed by atoms with E-state index in [0.29, 0.717) is 0 Å². The van der Waals surface area contributed by atoms with Gasteiger partial charge in [0.15, 0.2) is 5.78 Å². The van der Waals surface area contributed by atoms with Crippen LogP contribution in [0.1, 0.15) is 36.9 Å². The third kappa shape index (κ3) is 3.15. The highest BCUT2D eigenvalue weighted by Gasteiger charge is 2.71. The molecule has 1 aliphatic carbocycles. The summed E-state index contributed by atoms with van der Waals surface area (Å²) in [6.45, 7) is 2.97. The number of aryl methyl sites for hydroxylation is 1. The van der Waals surface area contributed by atoms with Gasteiger partial charge in [-0.1, -0.05) is 55.0 Å². The van der Waals surface area contributed by atoms with Gasteiger partial charge in [-0.25, -0.2) is 8.42 Å². The van der Waals surface area contributed by atoms with E-state index in [1.165, 1.54) is 24.3 Å². The second-order valence-corrected chi connectivity index (χ2v) is 9.95. The lowest BCUT2D eigenvalue weighted by Crippen LogP contribution is -2.44. The summed E-state index contributed by atoms with van der Waals surface area (Å²) >= 11 is 0. The van der Waals surface area contributed by atoms with Crippen molar-refractivity contribution < 1.29 is 26.4 Å². The summed E-state index contributed by atoms with van der Waals surface area (Å²) in [5.74, 6) is -0.553. The molecule has 0 aromatic heterocycles. The maximum absolute atomic E-state index is 14.7. The third-order valence-electron chi connectivity index (χ3n) is 6.35. The zero-order chi connectivity index (χ0) is 22.6. The summed E-state index contributed by atoms with van der Waals surface area (Å²) in [7, 11) is -4.25. The lowest BCUT2D eigenvalue weighted by Gasteiger charge is -2.37. The van der Waals surface area contributed by atoms with Crippen LogP contribution in [0, 0.1) is 12.3 Å². The predicted molar refractivity (Wildman–Crippen MR) is 110 cm³/mol. The highest BCUT2D eigenvalue weighted by atomic mass is 32.2. The van der Waals surface area contributed by atoms with Crippen LogP contribution in [0.5, 0.6) is 0 Å². The van der Waals surface area contributed by atoms with Crippen molar-refractivity contribution in [2.75, 3.05) is 6.54 Å². The van der Waals surface area contributed by atoms with Crippen molar-refractivity contribution in [3.05, 3.63) is 76.9 Å². The first-order chi connectivity index (χ1) is 14.5. The van der Waals surface area contributed by atoms with E-state index >= 15 is 0 Å². The molecule has 1 unspecified atom stereocenters. The maximum Gasteiger partial charge on any atom is 0.400 e. The Morgan fingerprint density at radius 1 is 1.06 bits per heavy atom. The Kier molecular flexibility index (Phi) is 5.13. The quantitative estimate of drug-likeness (QED) is 0.662. The molecule has 1 fully saturated rings. The van der Waals surface area contributed by atoms with Crippen LogP contribution in [0.4, 0.5) is 13.2 Å². The van der Waals surface area contributed by atoms with E-state index in [1.807, 2.05) is 0 Å². The van der Waals surface area contributed by atoms with E-state index in [4.69, 9.17) is 0 Å². The molecule has 1 saturated heterocycles. The normalized spacial score (nSPS) is 24.7. The molecular formula is C23H22F3NO3S. The van der Waals surface area contributed by atoms with E-state index in [9.17, 15) is 26.4 Å². The van der Waals surface area contributed by atoms with Gasteiger partial charge < -0.3 is 0 Å². The lowest BCUT2D eigenvalue weighted by molar-refractivity contribution is -0.217. The van der Waals surface area contributed by atoms with Gasteiger partial charge in [0.25, 0.3) is 0 Å². The first kappa shape index (κ1) is 21.8. The Hall–Kier alpha value is -2.45. The van der Waals surface area contributed by atoms with Crippen molar-refractivity contribution in [2.45, 2.75) is 43.8 Å². The number of alkyl halides is 3. The van der Waals surface area contributed by atoms with Gasteiger partial charge >= 0.3 is 6.18 Å². The summed E-state index contributed by atoms with van der Waals surface area (Å²) in [6.07, 6.45) is -5.44. The fourth-order valence-corrected chi connectivity index (χ4v) is 6.52. The van der Waals surface area contributed by atoms with Crippen LogP contribution < -0.4 is 0 Å². The Labute approximate surface area is 179 Å². The number of benzene rings is 2. The highest BCUT2D eigenvalue weighted by Crippen LogP contribution is 2.65. The van der Waals surface area contributed by atoms with Crippen molar-refractivity contribution in [1.29, 1.82) is 0 Å². The van der Waals surface area contributed by atoms with Crippen molar-refractivity contribution in [2.24, 2.45) is 5.41 Å². The Balaban J connectivity index is 2.00. The van der Waals surface area contributed by atoms with Gasteiger partial charge in [0.1, 0.15) is 5.41 Å². The summed E-state index contributed by atoms with van der Waals surface area (Å²) < 4.78 is 72.2. The SMILES string of the molecule is CCC1=C2CN(S(=O)(=O)c3ccc(C)cc3)C(c3ccccc3)[C@]2(C(F)(F)F)CC1=O. The van der Waals surface area contributed by atoms with Crippen molar-refractivity contribution in [3.63, 3.8) is 0 Å². The Morgan fingerprint density at radius 3 is 2.23 bits per heavy atom. The Morgan fingerprint density at radius 2 is 1.68 bits per heavy atom.